The molecule has 0 saturated carbocycles. The lowest BCUT2D eigenvalue weighted by atomic mass is 10.3. The Hall–Kier alpha value is -1.36. The van der Waals surface area contributed by atoms with Crippen LogP contribution in [0.15, 0.2) is 6.33 Å². The largest absolute Gasteiger partial charge is 0.391 e. The van der Waals surface area contributed by atoms with Gasteiger partial charge in [0.2, 0.25) is 0 Å². The zero-order valence-corrected chi connectivity index (χ0v) is 5.28. The Bertz CT molecular complexity index is 217. The van der Waals surface area contributed by atoms with Crippen molar-refractivity contribution in [3.05, 3.63) is 11.9 Å². The lowest BCUT2D eigenvalue weighted by Gasteiger charge is -2.01. The quantitative estimate of drug-likeness (QED) is 0.471. The minimum Gasteiger partial charge on any atom is -0.391 e. The standard InChI is InChI=1S/C5H8N4O/c6-4-3(1-10)5(7)9-2-8-4/h2,10H,1H2,(H4,6,7,8,9). The van der Waals surface area contributed by atoms with Gasteiger partial charge in [-0.1, -0.05) is 0 Å². The fourth-order valence-corrected chi connectivity index (χ4v) is 0.602. The molecule has 1 rings (SSSR count). The second-order valence-corrected chi connectivity index (χ2v) is 1.78. The van der Waals surface area contributed by atoms with Gasteiger partial charge in [0, 0.05) is 0 Å². The summed E-state index contributed by atoms with van der Waals surface area (Å²) in [5.41, 5.74) is 11.1. The molecule has 0 spiro atoms. The summed E-state index contributed by atoms with van der Waals surface area (Å²) < 4.78 is 0. The van der Waals surface area contributed by atoms with Gasteiger partial charge >= 0.3 is 0 Å². The highest BCUT2D eigenvalue weighted by atomic mass is 16.3. The summed E-state index contributed by atoms with van der Waals surface area (Å²) in [5.74, 6) is 0.463. The van der Waals surface area contributed by atoms with E-state index in [0.717, 1.165) is 0 Å². The van der Waals surface area contributed by atoms with Crippen molar-refractivity contribution in [1.82, 2.24) is 9.97 Å². The zero-order chi connectivity index (χ0) is 7.56. The molecule has 0 saturated heterocycles. The third kappa shape index (κ3) is 0.985. The topological polar surface area (TPSA) is 98.0 Å². The first-order valence-corrected chi connectivity index (χ1v) is 2.71. The number of aliphatic hydroxyl groups excluding tert-OH is 1. The number of nitrogens with zero attached hydrogens (tertiary/aromatic N) is 2. The van der Waals surface area contributed by atoms with E-state index in [-0.39, 0.29) is 18.2 Å². The summed E-state index contributed by atoms with van der Waals surface area (Å²) in [6, 6.07) is 0. The highest BCUT2D eigenvalue weighted by Gasteiger charge is 2.02. The molecule has 0 fully saturated rings. The van der Waals surface area contributed by atoms with Crippen LogP contribution in [0.2, 0.25) is 0 Å². The van der Waals surface area contributed by atoms with E-state index < -0.39 is 0 Å². The second-order valence-electron chi connectivity index (χ2n) is 1.78. The molecule has 0 unspecified atom stereocenters. The molecule has 0 atom stereocenters. The van der Waals surface area contributed by atoms with Crippen molar-refractivity contribution in [1.29, 1.82) is 0 Å². The zero-order valence-electron chi connectivity index (χ0n) is 5.28. The molecule has 5 nitrogen and oxygen atoms in total. The van der Waals surface area contributed by atoms with Crippen LogP contribution in [-0.4, -0.2) is 15.1 Å². The van der Waals surface area contributed by atoms with E-state index in [1.54, 1.807) is 0 Å². The van der Waals surface area contributed by atoms with Gasteiger partial charge in [-0.25, -0.2) is 9.97 Å². The third-order valence-corrected chi connectivity index (χ3v) is 1.17. The number of nitrogen functional groups attached to an aromatic ring is 2. The molecule has 0 aromatic carbocycles. The molecule has 5 N–H and O–H groups in total. The van der Waals surface area contributed by atoms with E-state index in [1.165, 1.54) is 6.33 Å². The average molecular weight is 140 g/mol. The maximum atomic E-state index is 8.66. The van der Waals surface area contributed by atoms with Gasteiger partial charge in [-0.2, -0.15) is 0 Å². The lowest BCUT2D eigenvalue weighted by Crippen LogP contribution is -2.04. The van der Waals surface area contributed by atoms with Crippen LogP contribution in [0.3, 0.4) is 0 Å². The summed E-state index contributed by atoms with van der Waals surface area (Å²) in [4.78, 5) is 7.27. The summed E-state index contributed by atoms with van der Waals surface area (Å²) in [5, 5.41) is 8.66. The molecule has 54 valence electrons. The van der Waals surface area contributed by atoms with E-state index >= 15 is 0 Å². The van der Waals surface area contributed by atoms with Crippen LogP contribution in [0.5, 0.6) is 0 Å². The number of nitrogens with two attached hydrogens (primary N) is 2. The SMILES string of the molecule is Nc1ncnc(N)c1CO. The third-order valence-electron chi connectivity index (χ3n) is 1.17. The van der Waals surface area contributed by atoms with Crippen LogP contribution in [0.25, 0.3) is 0 Å². The lowest BCUT2D eigenvalue weighted by molar-refractivity contribution is 0.282. The molecule has 0 amide bonds. The van der Waals surface area contributed by atoms with E-state index in [4.69, 9.17) is 16.6 Å². The van der Waals surface area contributed by atoms with Gasteiger partial charge in [-0.15, -0.1) is 0 Å². The number of anilines is 2. The predicted molar refractivity (Wildman–Crippen MR) is 36.8 cm³/mol. The number of aliphatic hydroxyl groups is 1. The van der Waals surface area contributed by atoms with Crippen LogP contribution in [-0.2, 0) is 6.61 Å². The first kappa shape index (κ1) is 6.76. The molecule has 10 heavy (non-hydrogen) atoms. The molecule has 1 aromatic heterocycles. The first-order valence-electron chi connectivity index (χ1n) is 2.71. The predicted octanol–water partition coefficient (Wildman–Crippen LogP) is -0.867. The van der Waals surface area contributed by atoms with Gasteiger partial charge < -0.3 is 16.6 Å². The molecule has 0 bridgehead atoms. The Morgan fingerprint density at radius 2 is 1.80 bits per heavy atom. The molecule has 5 heteroatoms. The van der Waals surface area contributed by atoms with Gasteiger partial charge in [-0.05, 0) is 0 Å². The van der Waals surface area contributed by atoms with Crippen molar-refractivity contribution < 1.29 is 5.11 Å². The second kappa shape index (κ2) is 2.49. The maximum Gasteiger partial charge on any atom is 0.134 e. The minimum absolute atomic E-state index is 0.224. The van der Waals surface area contributed by atoms with Crippen LogP contribution in [0.1, 0.15) is 5.56 Å². The molecule has 1 aromatic rings. The van der Waals surface area contributed by atoms with Gasteiger partial charge in [0.25, 0.3) is 0 Å². The molecule has 1 heterocycles. The smallest absolute Gasteiger partial charge is 0.134 e. The van der Waals surface area contributed by atoms with Gasteiger partial charge in [0.15, 0.2) is 0 Å². The van der Waals surface area contributed by atoms with Gasteiger partial charge in [0.1, 0.15) is 18.0 Å². The Labute approximate surface area is 57.7 Å². The van der Waals surface area contributed by atoms with E-state index in [2.05, 4.69) is 9.97 Å². The molecular formula is C5H8N4O. The Balaban J connectivity index is 3.17. The molecule has 0 aliphatic carbocycles. The summed E-state index contributed by atoms with van der Waals surface area (Å²) in [6.07, 6.45) is 1.25. The van der Waals surface area contributed by atoms with Crippen molar-refractivity contribution in [2.24, 2.45) is 0 Å². The van der Waals surface area contributed by atoms with E-state index in [9.17, 15) is 0 Å². The normalized spacial score (nSPS) is 9.70. The first-order chi connectivity index (χ1) is 4.75. The van der Waals surface area contributed by atoms with Crippen molar-refractivity contribution in [2.75, 3.05) is 11.5 Å². The number of hydrogen-bond acceptors (Lipinski definition) is 5. The fraction of sp³-hybridized carbons (Fsp3) is 0.200. The van der Waals surface area contributed by atoms with Crippen LogP contribution < -0.4 is 11.5 Å². The Morgan fingerprint density at radius 1 is 1.30 bits per heavy atom. The highest BCUT2D eigenvalue weighted by molar-refractivity contribution is 5.51. The van der Waals surface area contributed by atoms with Crippen LogP contribution >= 0.6 is 0 Å². The number of aromatic nitrogens is 2. The average Bonchev–Trinajstić information content (AvgIpc) is 1.88. The van der Waals surface area contributed by atoms with E-state index in [1.807, 2.05) is 0 Å². The van der Waals surface area contributed by atoms with Crippen LogP contribution in [0, 0.1) is 0 Å². The number of rotatable bonds is 1. The highest BCUT2D eigenvalue weighted by Crippen LogP contribution is 2.12. The Kier molecular flexibility index (Phi) is 1.68. The summed E-state index contributed by atoms with van der Waals surface area (Å²) >= 11 is 0. The monoisotopic (exact) mass is 140 g/mol. The molecular weight excluding hydrogens is 132 g/mol. The summed E-state index contributed by atoms with van der Waals surface area (Å²) in [6.45, 7) is -0.224. The fourth-order valence-electron chi connectivity index (χ4n) is 0.602. The minimum atomic E-state index is -0.224. The van der Waals surface area contributed by atoms with Crippen molar-refractivity contribution in [3.63, 3.8) is 0 Å². The molecule has 0 aliphatic heterocycles. The Morgan fingerprint density at radius 3 is 2.10 bits per heavy atom. The van der Waals surface area contributed by atoms with E-state index in [0.29, 0.717) is 5.56 Å². The van der Waals surface area contributed by atoms with Gasteiger partial charge in [-0.3, -0.25) is 0 Å². The van der Waals surface area contributed by atoms with Crippen LogP contribution in [0.4, 0.5) is 11.6 Å². The maximum absolute atomic E-state index is 8.66. The van der Waals surface area contributed by atoms with Crippen molar-refractivity contribution in [2.45, 2.75) is 6.61 Å². The molecule has 0 radical (unpaired) electrons. The number of hydrogen-bond donors (Lipinski definition) is 3. The summed E-state index contributed by atoms with van der Waals surface area (Å²) in [7, 11) is 0. The van der Waals surface area contributed by atoms with Gasteiger partial charge in [0.05, 0.1) is 12.2 Å². The molecule has 0 aliphatic rings. The van der Waals surface area contributed by atoms with Crippen molar-refractivity contribution >= 4 is 11.6 Å². The van der Waals surface area contributed by atoms with Crippen molar-refractivity contribution in [3.8, 4) is 0 Å².